The largest absolute Gasteiger partial charge is 0.457 e. The van der Waals surface area contributed by atoms with E-state index < -0.39 is 63.6 Å². The number of aldehydes is 1. The van der Waals surface area contributed by atoms with Crippen LogP contribution < -0.4 is 0 Å². The van der Waals surface area contributed by atoms with Crippen LogP contribution in [0.1, 0.15) is 79.6 Å². The summed E-state index contributed by atoms with van der Waals surface area (Å²) in [5, 5.41) is 11.9. The van der Waals surface area contributed by atoms with Crippen LogP contribution in [0, 0.1) is 34.5 Å². The maximum atomic E-state index is 13.9. The van der Waals surface area contributed by atoms with Crippen LogP contribution in [-0.4, -0.2) is 58.1 Å². The average Bonchev–Trinajstić information content (AvgIpc) is 3.09. The fourth-order valence-electron chi connectivity index (χ4n) is 8.60. The van der Waals surface area contributed by atoms with E-state index in [2.05, 4.69) is 0 Å². The predicted molar refractivity (Wildman–Crippen MR) is 138 cm³/mol. The Balaban J connectivity index is 1.81. The van der Waals surface area contributed by atoms with Gasteiger partial charge in [0.05, 0.1) is 16.9 Å². The number of allylic oxidation sites excluding steroid dienone is 1. The van der Waals surface area contributed by atoms with Crippen molar-refractivity contribution in [1.82, 2.24) is 0 Å². The van der Waals surface area contributed by atoms with E-state index in [1.807, 2.05) is 20.8 Å². The molecule has 8 nitrogen and oxygen atoms in total. The zero-order valence-corrected chi connectivity index (χ0v) is 23.6. The fraction of sp³-hybridized carbons (Fsp3) is 0.759. The number of ketones is 2. The molecule has 1 N–H and O–H groups in total. The summed E-state index contributed by atoms with van der Waals surface area (Å²) in [7, 11) is 0. The van der Waals surface area contributed by atoms with Crippen LogP contribution in [0.2, 0.25) is 0 Å². The highest BCUT2D eigenvalue weighted by atomic mass is 35.5. The van der Waals surface area contributed by atoms with Gasteiger partial charge in [-0.1, -0.05) is 40.2 Å². The number of esters is 2. The first-order chi connectivity index (χ1) is 17.8. The van der Waals surface area contributed by atoms with Gasteiger partial charge < -0.3 is 19.4 Å². The van der Waals surface area contributed by atoms with E-state index in [9.17, 15) is 29.1 Å². The standard InChI is InChI=1S/C29H39ClO8/c1-6-24(35)37-15-23(34)29(38-25(36)7-2)16(3)10-20-19-9-8-18-11-21(32)17(14-31)12-26(18,4)28(19,30)22(33)13-27(20,29)5/h11,14,16-17,19-20,22,33H,6-10,12-13,15H2,1-5H3/t16-,17?,19-,20-,22-,26-,27-,28-,29+/m0/s1. The Kier molecular flexibility index (Phi) is 7.50. The summed E-state index contributed by atoms with van der Waals surface area (Å²) in [5.74, 6) is -3.47. The Morgan fingerprint density at radius 1 is 1.13 bits per heavy atom. The first-order valence-electron chi connectivity index (χ1n) is 13.7. The Bertz CT molecular complexity index is 1080. The Morgan fingerprint density at radius 3 is 2.39 bits per heavy atom. The number of hydrogen-bond donors (Lipinski definition) is 1. The number of fused-ring (bicyclic) bond motifs is 5. The molecule has 0 aromatic heterocycles. The van der Waals surface area contributed by atoms with Crippen molar-refractivity contribution in [3.8, 4) is 0 Å². The molecule has 4 aliphatic rings. The second-order valence-electron chi connectivity index (χ2n) is 12.1. The molecule has 0 aromatic carbocycles. The Hall–Kier alpha value is -2.06. The second-order valence-corrected chi connectivity index (χ2v) is 12.8. The summed E-state index contributed by atoms with van der Waals surface area (Å²) >= 11 is 7.54. The second kappa shape index (κ2) is 9.84. The molecule has 38 heavy (non-hydrogen) atoms. The van der Waals surface area contributed by atoms with Crippen molar-refractivity contribution in [1.29, 1.82) is 0 Å². The van der Waals surface area contributed by atoms with E-state index in [1.54, 1.807) is 19.9 Å². The van der Waals surface area contributed by atoms with Crippen molar-refractivity contribution in [3.05, 3.63) is 11.6 Å². The minimum Gasteiger partial charge on any atom is -0.457 e. The number of hydrogen-bond acceptors (Lipinski definition) is 8. The van der Waals surface area contributed by atoms with Gasteiger partial charge in [0.2, 0.25) is 5.78 Å². The third-order valence-corrected chi connectivity index (χ3v) is 11.4. The van der Waals surface area contributed by atoms with E-state index in [0.717, 1.165) is 5.57 Å². The van der Waals surface area contributed by atoms with Crippen molar-refractivity contribution in [2.45, 2.75) is 96.1 Å². The van der Waals surface area contributed by atoms with Gasteiger partial charge in [0.25, 0.3) is 0 Å². The highest BCUT2D eigenvalue weighted by Crippen LogP contribution is 2.72. The van der Waals surface area contributed by atoms with Gasteiger partial charge in [-0.25, -0.2) is 0 Å². The van der Waals surface area contributed by atoms with Crippen LogP contribution in [0.5, 0.6) is 0 Å². The molecule has 9 atom stereocenters. The van der Waals surface area contributed by atoms with Crippen LogP contribution in [-0.2, 0) is 33.4 Å². The van der Waals surface area contributed by atoms with Gasteiger partial charge in [0, 0.05) is 29.6 Å². The number of aliphatic hydroxyl groups excluding tert-OH is 1. The average molecular weight is 551 g/mol. The number of carbonyl (C=O) groups is 5. The molecule has 0 spiro atoms. The number of aliphatic hydroxyl groups is 1. The first-order valence-corrected chi connectivity index (χ1v) is 14.1. The number of ether oxygens (including phenoxy) is 2. The van der Waals surface area contributed by atoms with E-state index in [0.29, 0.717) is 25.5 Å². The van der Waals surface area contributed by atoms with Crippen LogP contribution in [0.3, 0.4) is 0 Å². The molecule has 0 amide bonds. The lowest BCUT2D eigenvalue weighted by molar-refractivity contribution is -0.205. The molecule has 0 aliphatic heterocycles. The highest BCUT2D eigenvalue weighted by Gasteiger charge is 2.76. The molecule has 0 radical (unpaired) electrons. The van der Waals surface area contributed by atoms with Crippen LogP contribution in [0.25, 0.3) is 0 Å². The molecule has 0 aromatic rings. The minimum absolute atomic E-state index is 0.0655. The molecule has 4 rings (SSSR count). The van der Waals surface area contributed by atoms with Crippen LogP contribution in [0.4, 0.5) is 0 Å². The summed E-state index contributed by atoms with van der Waals surface area (Å²) in [6.07, 6.45) is 3.27. The van der Waals surface area contributed by atoms with Gasteiger partial charge in [0.15, 0.2) is 18.0 Å². The lowest BCUT2D eigenvalue weighted by Crippen LogP contribution is -2.70. The number of alkyl halides is 1. The SMILES string of the molecule is CCC(=O)OCC(=O)[C@]1(OC(=O)CC)[C@@H](C)C[C@H]2[C@@H]3CCC4=CC(=O)C(C=O)C[C@]4(C)[C@@]3(Cl)[C@@H](O)C[C@@]21C. The summed E-state index contributed by atoms with van der Waals surface area (Å²) in [6.45, 7) is 8.46. The van der Waals surface area contributed by atoms with Gasteiger partial charge in [-0.15, -0.1) is 11.6 Å². The van der Waals surface area contributed by atoms with Crippen molar-refractivity contribution in [2.24, 2.45) is 34.5 Å². The highest BCUT2D eigenvalue weighted by molar-refractivity contribution is 6.26. The molecule has 3 fully saturated rings. The monoisotopic (exact) mass is 550 g/mol. The number of carbonyl (C=O) groups excluding carboxylic acids is 5. The van der Waals surface area contributed by atoms with Gasteiger partial charge in [-0.2, -0.15) is 0 Å². The Labute approximate surface area is 228 Å². The number of rotatable bonds is 7. The van der Waals surface area contributed by atoms with Crippen molar-refractivity contribution in [3.63, 3.8) is 0 Å². The van der Waals surface area contributed by atoms with Crippen molar-refractivity contribution < 1.29 is 38.6 Å². The molecule has 3 saturated carbocycles. The van der Waals surface area contributed by atoms with Gasteiger partial charge in [-0.3, -0.25) is 19.2 Å². The van der Waals surface area contributed by atoms with Crippen molar-refractivity contribution >= 4 is 41.4 Å². The van der Waals surface area contributed by atoms with Gasteiger partial charge in [-0.05, 0) is 50.0 Å². The topological polar surface area (TPSA) is 124 Å². The lowest BCUT2D eigenvalue weighted by Gasteiger charge is -2.65. The summed E-state index contributed by atoms with van der Waals surface area (Å²) in [4.78, 5) is 61.7. The lowest BCUT2D eigenvalue weighted by atomic mass is 9.44. The summed E-state index contributed by atoms with van der Waals surface area (Å²) in [5.41, 5.74) is -2.51. The maximum Gasteiger partial charge on any atom is 0.306 e. The fourth-order valence-corrected chi connectivity index (χ4v) is 9.13. The van der Waals surface area contributed by atoms with Crippen molar-refractivity contribution in [2.75, 3.05) is 6.61 Å². The molecular weight excluding hydrogens is 512 g/mol. The van der Waals surface area contributed by atoms with Crippen LogP contribution in [0.15, 0.2) is 11.6 Å². The molecule has 0 heterocycles. The number of Topliss-reactive ketones (excluding diaryl/α,β-unsaturated/α-hetero) is 1. The summed E-state index contributed by atoms with van der Waals surface area (Å²) < 4.78 is 11.3. The minimum atomic E-state index is -1.59. The van der Waals surface area contributed by atoms with E-state index in [1.165, 1.54) is 0 Å². The third kappa shape index (κ3) is 3.76. The molecule has 0 bridgehead atoms. The van der Waals surface area contributed by atoms with Crippen LogP contribution >= 0.6 is 11.6 Å². The van der Waals surface area contributed by atoms with E-state index in [-0.39, 0.29) is 43.3 Å². The maximum absolute atomic E-state index is 13.9. The smallest absolute Gasteiger partial charge is 0.306 e. The first kappa shape index (κ1) is 28.9. The molecule has 9 heteroatoms. The molecule has 1 unspecified atom stereocenters. The van der Waals surface area contributed by atoms with Gasteiger partial charge >= 0.3 is 11.9 Å². The predicted octanol–water partition coefficient (Wildman–Crippen LogP) is 3.74. The molecule has 4 aliphatic carbocycles. The quantitative estimate of drug-likeness (QED) is 0.220. The Morgan fingerprint density at radius 2 is 1.79 bits per heavy atom. The molecular formula is C29H39ClO8. The molecule has 0 saturated heterocycles. The number of halogens is 1. The van der Waals surface area contributed by atoms with E-state index in [4.69, 9.17) is 21.1 Å². The van der Waals surface area contributed by atoms with E-state index >= 15 is 0 Å². The normalized spacial score (nSPS) is 43.7. The summed E-state index contributed by atoms with van der Waals surface area (Å²) in [6, 6.07) is 0. The molecule has 210 valence electrons. The zero-order chi connectivity index (χ0) is 28.3. The van der Waals surface area contributed by atoms with Gasteiger partial charge in [0.1, 0.15) is 6.29 Å². The zero-order valence-electron chi connectivity index (χ0n) is 22.9. The third-order valence-electron chi connectivity index (χ3n) is 10.5.